The first kappa shape index (κ1) is 20.0. The van der Waals surface area contributed by atoms with E-state index in [0.717, 1.165) is 4.47 Å². The van der Waals surface area contributed by atoms with Crippen LogP contribution in [0.15, 0.2) is 59.1 Å². The van der Waals surface area contributed by atoms with Crippen LogP contribution in [-0.4, -0.2) is 31.0 Å². The molecule has 0 spiro atoms. The molecule has 0 bridgehead atoms. The molecule has 6 heteroatoms. The molecule has 2 N–H and O–H groups in total. The third-order valence-electron chi connectivity index (χ3n) is 3.70. The molecule has 0 saturated heterocycles. The minimum atomic E-state index is -0.612. The lowest BCUT2D eigenvalue weighted by atomic mass is 10.1. The summed E-state index contributed by atoms with van der Waals surface area (Å²) in [4.78, 5) is 24.4. The van der Waals surface area contributed by atoms with E-state index in [-0.39, 0.29) is 17.7 Å². The van der Waals surface area contributed by atoms with Crippen LogP contribution >= 0.6 is 15.9 Å². The smallest absolute Gasteiger partial charge is 0.261 e. The molecule has 0 aliphatic carbocycles. The van der Waals surface area contributed by atoms with Gasteiger partial charge in [0, 0.05) is 18.7 Å². The first-order valence-electron chi connectivity index (χ1n) is 8.51. The molecule has 138 valence electrons. The van der Waals surface area contributed by atoms with Gasteiger partial charge in [-0.15, -0.1) is 0 Å². The fourth-order valence-corrected chi connectivity index (χ4v) is 2.70. The number of carbonyl (C=O) groups excluding carboxylic acids is 2. The first-order valence-corrected chi connectivity index (χ1v) is 9.30. The molecule has 0 aliphatic heterocycles. The Kier molecular flexibility index (Phi) is 7.66. The van der Waals surface area contributed by atoms with E-state index >= 15 is 0 Å². The lowest BCUT2D eigenvalue weighted by Gasteiger charge is -2.22. The summed E-state index contributed by atoms with van der Waals surface area (Å²) in [6.45, 7) is 4.54. The highest BCUT2D eigenvalue weighted by molar-refractivity contribution is 9.10. The van der Waals surface area contributed by atoms with E-state index < -0.39 is 6.10 Å². The molecule has 0 saturated carbocycles. The van der Waals surface area contributed by atoms with E-state index in [2.05, 4.69) is 26.6 Å². The van der Waals surface area contributed by atoms with E-state index in [4.69, 9.17) is 4.74 Å². The number of benzene rings is 2. The Morgan fingerprint density at radius 1 is 0.962 bits per heavy atom. The molecule has 0 radical (unpaired) electrons. The van der Waals surface area contributed by atoms with Gasteiger partial charge in [0.25, 0.3) is 11.8 Å². The van der Waals surface area contributed by atoms with Gasteiger partial charge in [-0.2, -0.15) is 0 Å². The summed E-state index contributed by atoms with van der Waals surface area (Å²) < 4.78 is 6.67. The molecule has 26 heavy (non-hydrogen) atoms. The van der Waals surface area contributed by atoms with Crippen molar-refractivity contribution in [2.75, 3.05) is 13.1 Å². The molecule has 2 amide bonds. The number of amides is 2. The molecule has 2 aromatic rings. The fraction of sp³-hybridized carbons (Fsp3) is 0.300. The zero-order chi connectivity index (χ0) is 18.9. The molecular formula is C20H23BrN2O3. The molecule has 0 aromatic heterocycles. The number of rotatable bonds is 8. The molecule has 0 unspecified atom stereocenters. The maximum Gasteiger partial charge on any atom is 0.261 e. The van der Waals surface area contributed by atoms with Crippen LogP contribution in [0.25, 0.3) is 0 Å². The Morgan fingerprint density at radius 2 is 1.58 bits per heavy atom. The quantitative estimate of drug-likeness (QED) is 0.645. The van der Waals surface area contributed by atoms with Gasteiger partial charge in [-0.1, -0.05) is 44.2 Å². The van der Waals surface area contributed by atoms with Gasteiger partial charge < -0.3 is 15.4 Å². The van der Waals surface area contributed by atoms with Crippen LogP contribution < -0.4 is 15.4 Å². The highest BCUT2D eigenvalue weighted by atomic mass is 79.9. The Balaban J connectivity index is 1.82. The number of carbonyl (C=O) groups is 2. The second-order valence-electron chi connectivity index (χ2n) is 6.13. The average Bonchev–Trinajstić information content (AvgIpc) is 2.64. The Hall–Kier alpha value is -2.34. The minimum Gasteiger partial charge on any atom is -0.479 e. The molecule has 0 heterocycles. The molecule has 1 atom stereocenters. The molecule has 2 aromatic carbocycles. The third-order valence-corrected chi connectivity index (χ3v) is 4.36. The maximum atomic E-state index is 12.5. The molecule has 5 nitrogen and oxygen atoms in total. The highest BCUT2D eigenvalue weighted by Crippen LogP contribution is 2.26. The normalized spacial score (nSPS) is 11.7. The molecule has 0 aliphatic rings. The van der Waals surface area contributed by atoms with Gasteiger partial charge in [-0.05, 0) is 46.1 Å². The SMILES string of the molecule is CC(C)[C@@H](Oc1ccccc1Br)C(=O)NCCNC(=O)c1ccccc1. The first-order chi connectivity index (χ1) is 12.5. The zero-order valence-corrected chi connectivity index (χ0v) is 16.5. The number of nitrogens with one attached hydrogen (secondary N) is 2. The number of ether oxygens (including phenoxy) is 1. The van der Waals surface area contributed by atoms with Crippen molar-refractivity contribution in [1.82, 2.24) is 10.6 Å². The van der Waals surface area contributed by atoms with Crippen molar-refractivity contribution in [3.05, 3.63) is 64.6 Å². The van der Waals surface area contributed by atoms with E-state index in [1.54, 1.807) is 12.1 Å². The van der Waals surface area contributed by atoms with Gasteiger partial charge in [0.05, 0.1) is 4.47 Å². The Morgan fingerprint density at radius 3 is 2.23 bits per heavy atom. The summed E-state index contributed by atoms with van der Waals surface area (Å²) in [7, 11) is 0. The summed E-state index contributed by atoms with van der Waals surface area (Å²) in [5.41, 5.74) is 0.594. The summed E-state index contributed by atoms with van der Waals surface area (Å²) >= 11 is 3.42. The van der Waals surface area contributed by atoms with Gasteiger partial charge in [0.1, 0.15) is 5.75 Å². The molecule has 2 rings (SSSR count). The lowest BCUT2D eigenvalue weighted by Crippen LogP contribution is -2.44. The van der Waals surface area contributed by atoms with Crippen molar-refractivity contribution < 1.29 is 14.3 Å². The standard InChI is InChI=1S/C20H23BrN2O3/c1-14(2)18(26-17-11-7-6-10-16(17)21)20(25)23-13-12-22-19(24)15-8-4-3-5-9-15/h3-11,14,18H,12-13H2,1-2H3,(H,22,24)(H,23,25)/t18-/m1/s1. The minimum absolute atomic E-state index is 0.000941. The van der Waals surface area contributed by atoms with E-state index in [1.165, 1.54) is 0 Å². The fourth-order valence-electron chi connectivity index (χ4n) is 2.32. The number of hydrogen-bond donors (Lipinski definition) is 2. The van der Waals surface area contributed by atoms with Crippen LogP contribution in [0.4, 0.5) is 0 Å². The Labute approximate surface area is 162 Å². The topological polar surface area (TPSA) is 67.4 Å². The van der Waals surface area contributed by atoms with Crippen molar-refractivity contribution in [1.29, 1.82) is 0 Å². The average molecular weight is 419 g/mol. The summed E-state index contributed by atoms with van der Waals surface area (Å²) in [5.74, 6) is 0.259. The second kappa shape index (κ2) is 9.97. The number of hydrogen-bond acceptors (Lipinski definition) is 3. The van der Waals surface area contributed by atoms with Crippen LogP contribution in [0.2, 0.25) is 0 Å². The summed E-state index contributed by atoms with van der Waals surface area (Å²) in [6, 6.07) is 16.4. The van der Waals surface area contributed by atoms with Crippen LogP contribution in [0.1, 0.15) is 24.2 Å². The van der Waals surface area contributed by atoms with Crippen molar-refractivity contribution in [2.24, 2.45) is 5.92 Å². The van der Waals surface area contributed by atoms with Crippen molar-refractivity contribution in [3.8, 4) is 5.75 Å². The van der Waals surface area contributed by atoms with E-state index in [0.29, 0.717) is 24.4 Å². The second-order valence-corrected chi connectivity index (χ2v) is 6.98. The van der Waals surface area contributed by atoms with Crippen LogP contribution in [-0.2, 0) is 4.79 Å². The predicted molar refractivity (Wildman–Crippen MR) is 105 cm³/mol. The van der Waals surface area contributed by atoms with Gasteiger partial charge >= 0.3 is 0 Å². The third kappa shape index (κ3) is 5.88. The molecular weight excluding hydrogens is 396 g/mol. The van der Waals surface area contributed by atoms with Crippen LogP contribution in [0.3, 0.4) is 0 Å². The van der Waals surface area contributed by atoms with Crippen LogP contribution in [0, 0.1) is 5.92 Å². The monoisotopic (exact) mass is 418 g/mol. The van der Waals surface area contributed by atoms with Crippen LogP contribution in [0.5, 0.6) is 5.75 Å². The molecule has 0 fully saturated rings. The summed E-state index contributed by atoms with van der Waals surface area (Å²) in [5, 5.41) is 5.60. The van der Waals surface area contributed by atoms with Gasteiger partial charge in [0.15, 0.2) is 6.10 Å². The lowest BCUT2D eigenvalue weighted by molar-refractivity contribution is -0.129. The van der Waals surface area contributed by atoms with Gasteiger partial charge in [0.2, 0.25) is 0 Å². The summed E-state index contributed by atoms with van der Waals surface area (Å²) in [6.07, 6.45) is -0.612. The largest absolute Gasteiger partial charge is 0.479 e. The van der Waals surface area contributed by atoms with Crippen molar-refractivity contribution >= 4 is 27.7 Å². The van der Waals surface area contributed by atoms with Gasteiger partial charge in [-0.25, -0.2) is 0 Å². The van der Waals surface area contributed by atoms with E-state index in [1.807, 2.05) is 56.3 Å². The Bertz CT molecular complexity index is 735. The number of para-hydroxylation sites is 1. The highest BCUT2D eigenvalue weighted by Gasteiger charge is 2.24. The van der Waals surface area contributed by atoms with Crippen molar-refractivity contribution in [2.45, 2.75) is 20.0 Å². The predicted octanol–water partition coefficient (Wildman–Crippen LogP) is 3.40. The number of halogens is 1. The van der Waals surface area contributed by atoms with Crippen molar-refractivity contribution in [3.63, 3.8) is 0 Å². The van der Waals surface area contributed by atoms with Gasteiger partial charge in [-0.3, -0.25) is 9.59 Å². The zero-order valence-electron chi connectivity index (χ0n) is 14.9. The van der Waals surface area contributed by atoms with E-state index in [9.17, 15) is 9.59 Å². The maximum absolute atomic E-state index is 12.5.